The molecule has 0 bridgehead atoms. The van der Waals surface area contributed by atoms with Gasteiger partial charge < -0.3 is 10.4 Å². The molecule has 0 aliphatic heterocycles. The molecule has 1 atom stereocenters. The molecule has 0 radical (unpaired) electrons. The lowest BCUT2D eigenvalue weighted by Crippen LogP contribution is -2.09. The van der Waals surface area contributed by atoms with Crippen molar-refractivity contribution >= 4 is 22.3 Å². The number of nitrogens with zero attached hydrogens (tertiary/aromatic N) is 1. The van der Waals surface area contributed by atoms with Crippen LogP contribution in [0.2, 0.25) is 0 Å². The summed E-state index contributed by atoms with van der Waals surface area (Å²) >= 11 is 1.21. The summed E-state index contributed by atoms with van der Waals surface area (Å²) in [4.78, 5) is 14.7. The third kappa shape index (κ3) is 2.65. The molecule has 0 amide bonds. The van der Waals surface area contributed by atoms with E-state index in [0.29, 0.717) is 5.00 Å². The zero-order valence-corrected chi connectivity index (χ0v) is 10.4. The molecule has 1 aromatic carbocycles. The van der Waals surface area contributed by atoms with Crippen molar-refractivity contribution < 1.29 is 14.3 Å². The Morgan fingerprint density at radius 3 is 3.00 bits per heavy atom. The number of rotatable bonds is 4. The number of hydrogen-bond acceptors (Lipinski definition) is 4. The number of carboxylic acids is 1. The summed E-state index contributed by atoms with van der Waals surface area (Å²) < 4.78 is 13.1. The zero-order chi connectivity index (χ0) is 13.1. The highest BCUT2D eigenvalue weighted by Crippen LogP contribution is 2.26. The second-order valence-corrected chi connectivity index (χ2v) is 4.61. The lowest BCUT2D eigenvalue weighted by atomic mass is 10.1. The molecule has 0 fully saturated rings. The summed E-state index contributed by atoms with van der Waals surface area (Å²) in [5.41, 5.74) is 2.20. The smallest absolute Gasteiger partial charge is 0.357 e. The number of halogens is 1. The molecule has 18 heavy (non-hydrogen) atoms. The number of anilines is 1. The van der Waals surface area contributed by atoms with Gasteiger partial charge in [-0.1, -0.05) is 12.1 Å². The Morgan fingerprint density at radius 1 is 1.56 bits per heavy atom. The van der Waals surface area contributed by atoms with Crippen molar-refractivity contribution in [1.29, 1.82) is 0 Å². The third-order valence-corrected chi connectivity index (χ3v) is 3.22. The highest BCUT2D eigenvalue weighted by atomic mass is 32.1. The standard InChI is InChI=1S/C12H11FN2O2S/c1-7(8-3-2-4-9(13)5-8)15-11-10(12(16)17)14-6-18-11/h2-7,15H,1H3,(H,16,17). The average molecular weight is 266 g/mol. The largest absolute Gasteiger partial charge is 0.476 e. The summed E-state index contributed by atoms with van der Waals surface area (Å²) in [6, 6.07) is 5.99. The van der Waals surface area contributed by atoms with Gasteiger partial charge in [-0.15, -0.1) is 11.3 Å². The van der Waals surface area contributed by atoms with Crippen LogP contribution >= 0.6 is 11.3 Å². The molecule has 1 aromatic heterocycles. The van der Waals surface area contributed by atoms with Gasteiger partial charge in [0.25, 0.3) is 0 Å². The van der Waals surface area contributed by atoms with Crippen molar-refractivity contribution in [1.82, 2.24) is 4.98 Å². The van der Waals surface area contributed by atoms with Crippen LogP contribution < -0.4 is 5.32 Å². The van der Waals surface area contributed by atoms with Gasteiger partial charge in [0, 0.05) is 6.04 Å². The number of carboxylic acid groups (broad SMARTS) is 1. The first-order valence-corrected chi connectivity index (χ1v) is 6.14. The van der Waals surface area contributed by atoms with Crippen molar-refractivity contribution in [2.24, 2.45) is 0 Å². The van der Waals surface area contributed by atoms with E-state index in [4.69, 9.17) is 5.11 Å². The Hall–Kier alpha value is -1.95. The van der Waals surface area contributed by atoms with Crippen LogP contribution in [0.15, 0.2) is 29.8 Å². The number of hydrogen-bond donors (Lipinski definition) is 2. The van der Waals surface area contributed by atoms with E-state index >= 15 is 0 Å². The topological polar surface area (TPSA) is 62.2 Å². The lowest BCUT2D eigenvalue weighted by molar-refractivity contribution is 0.0692. The molecule has 2 aromatic rings. The van der Waals surface area contributed by atoms with E-state index in [1.165, 1.54) is 29.0 Å². The number of carbonyl (C=O) groups is 1. The quantitative estimate of drug-likeness (QED) is 0.892. The lowest BCUT2D eigenvalue weighted by Gasteiger charge is -2.14. The minimum Gasteiger partial charge on any atom is -0.476 e. The molecule has 6 heteroatoms. The summed E-state index contributed by atoms with van der Waals surface area (Å²) in [6.07, 6.45) is 0. The first kappa shape index (κ1) is 12.5. The molecule has 0 aliphatic rings. The van der Waals surface area contributed by atoms with Crippen molar-refractivity contribution in [2.45, 2.75) is 13.0 Å². The SMILES string of the molecule is CC(Nc1scnc1C(=O)O)c1cccc(F)c1. The van der Waals surface area contributed by atoms with Gasteiger partial charge in [0.2, 0.25) is 0 Å². The van der Waals surface area contributed by atoms with E-state index < -0.39 is 5.97 Å². The first-order chi connectivity index (χ1) is 8.58. The minimum atomic E-state index is -1.08. The van der Waals surface area contributed by atoms with Crippen LogP contribution in [0, 0.1) is 5.82 Å². The van der Waals surface area contributed by atoms with Gasteiger partial charge in [-0.25, -0.2) is 14.2 Å². The van der Waals surface area contributed by atoms with E-state index in [1.54, 1.807) is 12.1 Å². The van der Waals surface area contributed by atoms with E-state index in [0.717, 1.165) is 5.56 Å². The number of aromatic nitrogens is 1. The fourth-order valence-corrected chi connectivity index (χ4v) is 2.32. The van der Waals surface area contributed by atoms with Crippen LogP contribution in [0.4, 0.5) is 9.39 Å². The van der Waals surface area contributed by atoms with Crippen LogP contribution in [0.25, 0.3) is 0 Å². The van der Waals surface area contributed by atoms with E-state index in [1.807, 2.05) is 6.92 Å². The molecular formula is C12H11FN2O2S. The van der Waals surface area contributed by atoms with E-state index in [9.17, 15) is 9.18 Å². The highest BCUT2D eigenvalue weighted by Gasteiger charge is 2.16. The Labute approximate surface area is 107 Å². The minimum absolute atomic E-state index is 0.0109. The van der Waals surface area contributed by atoms with Crippen LogP contribution in [0.5, 0.6) is 0 Å². The van der Waals surface area contributed by atoms with Gasteiger partial charge in [-0.05, 0) is 24.6 Å². The molecule has 0 aliphatic carbocycles. The maximum Gasteiger partial charge on any atom is 0.357 e. The van der Waals surface area contributed by atoms with Gasteiger partial charge in [0.05, 0.1) is 5.51 Å². The highest BCUT2D eigenvalue weighted by molar-refractivity contribution is 7.14. The number of aromatic carboxylic acids is 1. The van der Waals surface area contributed by atoms with Crippen LogP contribution in [-0.4, -0.2) is 16.1 Å². The van der Waals surface area contributed by atoms with Crippen molar-refractivity contribution in [2.75, 3.05) is 5.32 Å². The van der Waals surface area contributed by atoms with Gasteiger partial charge in [0.15, 0.2) is 5.69 Å². The molecular weight excluding hydrogens is 255 g/mol. The molecule has 4 nitrogen and oxygen atoms in total. The molecule has 1 heterocycles. The van der Waals surface area contributed by atoms with E-state index in [-0.39, 0.29) is 17.6 Å². The Morgan fingerprint density at radius 2 is 2.33 bits per heavy atom. The van der Waals surface area contributed by atoms with Gasteiger partial charge >= 0.3 is 5.97 Å². The van der Waals surface area contributed by atoms with Crippen LogP contribution in [0.3, 0.4) is 0 Å². The predicted octanol–water partition coefficient (Wildman–Crippen LogP) is 3.15. The third-order valence-electron chi connectivity index (χ3n) is 2.47. The zero-order valence-electron chi connectivity index (χ0n) is 9.55. The molecule has 0 spiro atoms. The fourth-order valence-electron chi connectivity index (χ4n) is 1.56. The first-order valence-electron chi connectivity index (χ1n) is 5.26. The van der Waals surface area contributed by atoms with E-state index in [2.05, 4.69) is 10.3 Å². The van der Waals surface area contributed by atoms with Crippen LogP contribution in [-0.2, 0) is 0 Å². The molecule has 0 saturated heterocycles. The number of thiazole rings is 1. The summed E-state index contributed by atoms with van der Waals surface area (Å²) in [5, 5.41) is 12.4. The molecule has 2 N–H and O–H groups in total. The van der Waals surface area contributed by atoms with Gasteiger partial charge in [0.1, 0.15) is 10.8 Å². The maximum atomic E-state index is 13.1. The second kappa shape index (κ2) is 5.14. The Kier molecular flexibility index (Phi) is 3.57. The fraction of sp³-hybridized carbons (Fsp3) is 0.167. The second-order valence-electron chi connectivity index (χ2n) is 3.76. The summed E-state index contributed by atoms with van der Waals surface area (Å²) in [7, 11) is 0. The van der Waals surface area contributed by atoms with Crippen molar-refractivity contribution in [3.8, 4) is 0 Å². The normalized spacial score (nSPS) is 12.1. The maximum absolute atomic E-state index is 13.1. The Balaban J connectivity index is 2.18. The predicted molar refractivity (Wildman–Crippen MR) is 67.5 cm³/mol. The number of benzene rings is 1. The van der Waals surface area contributed by atoms with Crippen molar-refractivity contribution in [3.63, 3.8) is 0 Å². The van der Waals surface area contributed by atoms with Crippen molar-refractivity contribution in [3.05, 3.63) is 46.9 Å². The van der Waals surface area contributed by atoms with Crippen LogP contribution in [0.1, 0.15) is 29.0 Å². The molecule has 2 rings (SSSR count). The molecule has 0 saturated carbocycles. The monoisotopic (exact) mass is 266 g/mol. The summed E-state index contributed by atoms with van der Waals surface area (Å²) in [5.74, 6) is -1.39. The number of nitrogens with one attached hydrogen (secondary N) is 1. The Bertz CT molecular complexity index is 571. The van der Waals surface area contributed by atoms with Gasteiger partial charge in [-0.2, -0.15) is 0 Å². The summed E-state index contributed by atoms with van der Waals surface area (Å²) in [6.45, 7) is 1.83. The average Bonchev–Trinajstić information content (AvgIpc) is 2.77. The van der Waals surface area contributed by atoms with Gasteiger partial charge in [-0.3, -0.25) is 0 Å². The molecule has 94 valence electrons. The molecule has 1 unspecified atom stereocenters.